The predicted molar refractivity (Wildman–Crippen MR) is 74.5 cm³/mol. The number of carbonyl (C=O) groups excluding carboxylic acids is 1. The van der Waals surface area contributed by atoms with E-state index in [0.717, 1.165) is 30.1 Å². The molecule has 1 unspecified atom stereocenters. The van der Waals surface area contributed by atoms with Crippen LogP contribution >= 0.6 is 11.5 Å². The second-order valence-corrected chi connectivity index (χ2v) is 5.13. The Balaban J connectivity index is 1.81. The first-order valence-electron chi connectivity index (χ1n) is 6.53. The maximum Gasteiger partial charge on any atom is 0.264 e. The van der Waals surface area contributed by atoms with Crippen LogP contribution in [-0.4, -0.2) is 27.1 Å². The number of rotatable bonds is 7. The van der Waals surface area contributed by atoms with E-state index in [1.54, 1.807) is 12.1 Å². The van der Waals surface area contributed by atoms with Gasteiger partial charge in [0.1, 0.15) is 16.7 Å². The Bertz CT molecular complexity index is 539. The van der Waals surface area contributed by atoms with Gasteiger partial charge in [-0.1, -0.05) is 17.8 Å². The van der Waals surface area contributed by atoms with Gasteiger partial charge in [-0.2, -0.15) is 0 Å². The highest BCUT2D eigenvalue weighted by atomic mass is 32.1. The van der Waals surface area contributed by atoms with Crippen LogP contribution in [0.2, 0.25) is 0 Å². The third-order valence-electron chi connectivity index (χ3n) is 2.82. The summed E-state index contributed by atoms with van der Waals surface area (Å²) in [4.78, 5) is 12.5. The van der Waals surface area contributed by atoms with Crippen LogP contribution in [0, 0.1) is 0 Å². The zero-order valence-corrected chi connectivity index (χ0v) is 12.0. The largest absolute Gasteiger partial charge is 0.467 e. The first-order chi connectivity index (χ1) is 9.72. The highest BCUT2D eigenvalue weighted by Gasteiger charge is 2.16. The molecule has 0 fully saturated rings. The minimum atomic E-state index is -0.708. The normalized spacial score (nSPS) is 12.3. The van der Waals surface area contributed by atoms with E-state index in [9.17, 15) is 9.90 Å². The lowest BCUT2D eigenvalue weighted by molar-refractivity contribution is 0.0939. The van der Waals surface area contributed by atoms with E-state index in [1.807, 2.05) is 6.92 Å². The number of amides is 1. The molecule has 0 radical (unpaired) electrons. The summed E-state index contributed by atoms with van der Waals surface area (Å²) < 4.78 is 8.91. The molecule has 2 N–H and O–H groups in total. The van der Waals surface area contributed by atoms with Crippen LogP contribution in [0.25, 0.3) is 0 Å². The molecule has 2 heterocycles. The summed E-state index contributed by atoms with van der Waals surface area (Å²) in [6.07, 6.45) is 2.86. The minimum absolute atomic E-state index is 0.185. The van der Waals surface area contributed by atoms with Crippen LogP contribution < -0.4 is 5.32 Å². The summed E-state index contributed by atoms with van der Waals surface area (Å²) in [5.74, 6) is 0.320. The molecular formula is C13H17N3O3S. The van der Waals surface area contributed by atoms with Gasteiger partial charge in [0.2, 0.25) is 0 Å². The molecule has 20 heavy (non-hydrogen) atoms. The maximum atomic E-state index is 12.0. The molecule has 6 nitrogen and oxygen atoms in total. The van der Waals surface area contributed by atoms with Crippen molar-refractivity contribution in [2.24, 2.45) is 0 Å². The molecule has 7 heteroatoms. The highest BCUT2D eigenvalue weighted by molar-refractivity contribution is 7.08. The van der Waals surface area contributed by atoms with Gasteiger partial charge in [-0.25, -0.2) is 0 Å². The van der Waals surface area contributed by atoms with Crippen molar-refractivity contribution in [1.82, 2.24) is 14.9 Å². The lowest BCUT2D eigenvalue weighted by Gasteiger charge is -2.08. The highest BCUT2D eigenvalue weighted by Crippen LogP contribution is 2.16. The van der Waals surface area contributed by atoms with Crippen molar-refractivity contribution in [2.75, 3.05) is 6.54 Å². The quantitative estimate of drug-likeness (QED) is 0.815. The lowest BCUT2D eigenvalue weighted by Crippen LogP contribution is -2.25. The second kappa shape index (κ2) is 7.16. The zero-order valence-electron chi connectivity index (χ0n) is 11.2. The molecule has 0 saturated heterocycles. The zero-order chi connectivity index (χ0) is 14.4. The SMILES string of the molecule is CCCc1nnsc1C(=O)NCCC(O)c1ccco1. The Morgan fingerprint density at radius 3 is 3.15 bits per heavy atom. The van der Waals surface area contributed by atoms with E-state index >= 15 is 0 Å². The molecule has 108 valence electrons. The van der Waals surface area contributed by atoms with Crippen molar-refractivity contribution >= 4 is 17.4 Å². The molecule has 0 aliphatic carbocycles. The number of carbonyl (C=O) groups is 1. The molecule has 2 rings (SSSR count). The Hall–Kier alpha value is -1.73. The maximum absolute atomic E-state index is 12.0. The lowest BCUT2D eigenvalue weighted by atomic mass is 10.2. The smallest absolute Gasteiger partial charge is 0.264 e. The Morgan fingerprint density at radius 2 is 2.45 bits per heavy atom. The summed E-state index contributed by atoms with van der Waals surface area (Å²) in [6, 6.07) is 3.43. The number of aliphatic hydroxyl groups excluding tert-OH is 1. The van der Waals surface area contributed by atoms with Crippen molar-refractivity contribution in [3.05, 3.63) is 34.7 Å². The molecule has 0 aromatic carbocycles. The third-order valence-corrected chi connectivity index (χ3v) is 3.59. The summed E-state index contributed by atoms with van der Waals surface area (Å²) in [7, 11) is 0. The van der Waals surface area contributed by atoms with Crippen LogP contribution in [0.15, 0.2) is 22.8 Å². The average molecular weight is 295 g/mol. The fourth-order valence-electron chi connectivity index (χ4n) is 1.81. The van der Waals surface area contributed by atoms with Crippen molar-refractivity contribution < 1.29 is 14.3 Å². The monoisotopic (exact) mass is 295 g/mol. The molecule has 0 aliphatic heterocycles. The molecule has 1 atom stereocenters. The van der Waals surface area contributed by atoms with Crippen molar-refractivity contribution in [3.63, 3.8) is 0 Å². The molecular weight excluding hydrogens is 278 g/mol. The van der Waals surface area contributed by atoms with Crippen LogP contribution in [0.1, 0.15) is 47.0 Å². The van der Waals surface area contributed by atoms with Crippen LogP contribution in [0.5, 0.6) is 0 Å². The van der Waals surface area contributed by atoms with Gasteiger partial charge in [0.05, 0.1) is 12.0 Å². The average Bonchev–Trinajstić information content (AvgIpc) is 3.10. The van der Waals surface area contributed by atoms with E-state index < -0.39 is 6.10 Å². The number of aryl methyl sites for hydroxylation is 1. The number of nitrogens with one attached hydrogen (secondary N) is 1. The molecule has 0 saturated carbocycles. The van der Waals surface area contributed by atoms with Gasteiger partial charge in [-0.15, -0.1) is 5.10 Å². The first-order valence-corrected chi connectivity index (χ1v) is 7.30. The predicted octanol–water partition coefficient (Wildman–Crippen LogP) is 1.94. The summed E-state index contributed by atoms with van der Waals surface area (Å²) in [5.41, 5.74) is 0.738. The van der Waals surface area contributed by atoms with Gasteiger partial charge in [0.25, 0.3) is 5.91 Å². The molecule has 0 bridgehead atoms. The standard InChI is InChI=1S/C13H17N3O3S/c1-2-4-9-12(20-16-15-9)13(18)14-7-6-10(17)11-5-3-8-19-11/h3,5,8,10,17H,2,4,6-7H2,1H3,(H,14,18). The van der Waals surface area contributed by atoms with Crippen LogP contribution in [0.4, 0.5) is 0 Å². The van der Waals surface area contributed by atoms with Gasteiger partial charge in [0, 0.05) is 6.54 Å². The van der Waals surface area contributed by atoms with Crippen molar-refractivity contribution in [3.8, 4) is 0 Å². The number of hydrogen-bond donors (Lipinski definition) is 2. The van der Waals surface area contributed by atoms with E-state index in [1.165, 1.54) is 6.26 Å². The van der Waals surface area contributed by atoms with E-state index in [0.29, 0.717) is 23.6 Å². The Morgan fingerprint density at radius 1 is 1.60 bits per heavy atom. The molecule has 0 aliphatic rings. The Labute approximate surface area is 121 Å². The second-order valence-electron chi connectivity index (χ2n) is 4.37. The first kappa shape index (κ1) is 14.7. The number of aliphatic hydroxyl groups is 1. The molecule has 0 spiro atoms. The van der Waals surface area contributed by atoms with Crippen LogP contribution in [0.3, 0.4) is 0 Å². The number of nitrogens with zero attached hydrogens (tertiary/aromatic N) is 2. The number of hydrogen-bond acceptors (Lipinski definition) is 6. The third kappa shape index (κ3) is 3.64. The number of aromatic nitrogens is 2. The molecule has 1 amide bonds. The van der Waals surface area contributed by atoms with E-state index in [-0.39, 0.29) is 5.91 Å². The Kier molecular flexibility index (Phi) is 5.25. The summed E-state index contributed by atoms with van der Waals surface area (Å²) >= 11 is 1.10. The molecule has 2 aromatic heterocycles. The van der Waals surface area contributed by atoms with Crippen LogP contribution in [-0.2, 0) is 6.42 Å². The fourth-order valence-corrected chi connectivity index (χ4v) is 2.43. The minimum Gasteiger partial charge on any atom is -0.467 e. The van der Waals surface area contributed by atoms with E-state index in [2.05, 4.69) is 14.9 Å². The van der Waals surface area contributed by atoms with Gasteiger partial charge < -0.3 is 14.8 Å². The fraction of sp³-hybridized carbons (Fsp3) is 0.462. The molecule has 2 aromatic rings. The van der Waals surface area contributed by atoms with Gasteiger partial charge in [0.15, 0.2) is 0 Å². The summed E-state index contributed by atoms with van der Waals surface area (Å²) in [5, 5.41) is 16.5. The summed E-state index contributed by atoms with van der Waals surface area (Å²) in [6.45, 7) is 2.39. The topological polar surface area (TPSA) is 88.2 Å². The van der Waals surface area contributed by atoms with E-state index in [4.69, 9.17) is 4.42 Å². The van der Waals surface area contributed by atoms with Gasteiger partial charge >= 0.3 is 0 Å². The van der Waals surface area contributed by atoms with Crippen molar-refractivity contribution in [2.45, 2.75) is 32.3 Å². The van der Waals surface area contributed by atoms with Gasteiger partial charge in [-0.3, -0.25) is 4.79 Å². The van der Waals surface area contributed by atoms with Gasteiger partial charge in [-0.05, 0) is 36.5 Å². The number of furan rings is 1. The van der Waals surface area contributed by atoms with Crippen molar-refractivity contribution in [1.29, 1.82) is 0 Å².